The molecule has 0 saturated heterocycles. The Morgan fingerprint density at radius 3 is 2.90 bits per heavy atom. The fourth-order valence-electron chi connectivity index (χ4n) is 2.41. The van der Waals surface area contributed by atoms with Gasteiger partial charge < -0.3 is 9.67 Å². The Bertz CT molecular complexity index is 769. The van der Waals surface area contributed by atoms with Gasteiger partial charge in [0, 0.05) is 13.1 Å². The molecule has 0 unspecified atom stereocenters. The zero-order chi connectivity index (χ0) is 15.0. The molecule has 2 heterocycles. The normalized spacial score (nSPS) is 15.9. The molecule has 0 radical (unpaired) electrons. The summed E-state index contributed by atoms with van der Waals surface area (Å²) >= 11 is 0. The lowest BCUT2D eigenvalue weighted by Gasteiger charge is -2.27. The van der Waals surface area contributed by atoms with Crippen LogP contribution in [0.3, 0.4) is 0 Å². The largest absolute Gasteiger partial charge is 0.392 e. The molecule has 7 nitrogen and oxygen atoms in total. The van der Waals surface area contributed by atoms with Crippen LogP contribution in [-0.4, -0.2) is 39.1 Å². The van der Waals surface area contributed by atoms with Gasteiger partial charge in [-0.25, -0.2) is 8.42 Å². The predicted molar refractivity (Wildman–Crippen MR) is 74.7 cm³/mol. The minimum absolute atomic E-state index is 0.183. The van der Waals surface area contributed by atoms with Gasteiger partial charge in [-0.3, -0.25) is 0 Å². The molecule has 1 aliphatic rings. The van der Waals surface area contributed by atoms with Crippen LogP contribution < -0.4 is 0 Å². The van der Waals surface area contributed by atoms with Crippen molar-refractivity contribution in [2.75, 3.05) is 6.54 Å². The Balaban J connectivity index is 1.98. The van der Waals surface area contributed by atoms with Crippen molar-refractivity contribution in [1.82, 2.24) is 19.1 Å². The summed E-state index contributed by atoms with van der Waals surface area (Å²) in [6.45, 7) is 2.71. The summed E-state index contributed by atoms with van der Waals surface area (Å²) in [6.07, 6.45) is 1.61. The van der Waals surface area contributed by atoms with E-state index in [9.17, 15) is 13.5 Å². The van der Waals surface area contributed by atoms with Crippen molar-refractivity contribution in [3.05, 3.63) is 41.5 Å². The Kier molecular flexibility index (Phi) is 3.52. The number of aryl methyl sites for hydroxylation is 1. The number of fused-ring (bicyclic) bond motifs is 1. The van der Waals surface area contributed by atoms with Crippen LogP contribution in [0.1, 0.15) is 17.0 Å². The maximum absolute atomic E-state index is 12.8. The Hall–Kier alpha value is -1.77. The molecule has 21 heavy (non-hydrogen) atoms. The van der Waals surface area contributed by atoms with Crippen LogP contribution in [0.4, 0.5) is 0 Å². The predicted octanol–water partition coefficient (Wildman–Crippen LogP) is 0.283. The highest BCUT2D eigenvalue weighted by atomic mass is 32.2. The van der Waals surface area contributed by atoms with Crippen LogP contribution in [0.2, 0.25) is 0 Å². The molecule has 0 fully saturated rings. The summed E-state index contributed by atoms with van der Waals surface area (Å²) in [4.78, 5) is 0.238. The highest BCUT2D eigenvalue weighted by Gasteiger charge is 2.30. The molecule has 0 bridgehead atoms. The molecule has 3 rings (SSSR count). The number of sulfonamides is 1. The van der Waals surface area contributed by atoms with Crippen molar-refractivity contribution in [1.29, 1.82) is 0 Å². The van der Waals surface area contributed by atoms with E-state index in [1.165, 1.54) is 10.4 Å². The summed E-state index contributed by atoms with van der Waals surface area (Å²) in [5.41, 5.74) is 1.25. The molecule has 1 aromatic carbocycles. The van der Waals surface area contributed by atoms with Crippen LogP contribution in [0.15, 0.2) is 29.4 Å². The summed E-state index contributed by atoms with van der Waals surface area (Å²) < 4.78 is 28.8. The first-order chi connectivity index (χ1) is 10.0. The van der Waals surface area contributed by atoms with Crippen LogP contribution >= 0.6 is 0 Å². The van der Waals surface area contributed by atoms with E-state index in [-0.39, 0.29) is 18.0 Å². The van der Waals surface area contributed by atoms with Gasteiger partial charge in [-0.2, -0.15) is 4.31 Å². The number of rotatable bonds is 3. The van der Waals surface area contributed by atoms with Gasteiger partial charge in [0.15, 0.2) is 0 Å². The average molecular weight is 308 g/mol. The summed E-state index contributed by atoms with van der Waals surface area (Å²) in [6, 6.07) is 4.97. The standard InChI is InChI=1S/C13H16N4O3S/c1-10-2-3-11(8-18)6-12(10)21(19,20)17-5-4-16-9-14-15-13(16)7-17/h2-3,6,9,18H,4-5,7-8H2,1H3. The van der Waals surface area contributed by atoms with E-state index >= 15 is 0 Å². The van der Waals surface area contributed by atoms with Crippen molar-refractivity contribution >= 4 is 10.0 Å². The molecule has 1 aliphatic heterocycles. The van der Waals surface area contributed by atoms with Gasteiger partial charge in [0.1, 0.15) is 12.2 Å². The van der Waals surface area contributed by atoms with Crippen molar-refractivity contribution < 1.29 is 13.5 Å². The molecule has 0 atom stereocenters. The molecule has 1 aromatic heterocycles. The third-order valence-electron chi connectivity index (χ3n) is 3.66. The van der Waals surface area contributed by atoms with Crippen LogP contribution in [0, 0.1) is 6.92 Å². The van der Waals surface area contributed by atoms with E-state index in [0.29, 0.717) is 30.0 Å². The molecule has 0 aliphatic carbocycles. The van der Waals surface area contributed by atoms with Crippen LogP contribution in [0.25, 0.3) is 0 Å². The zero-order valence-corrected chi connectivity index (χ0v) is 12.4. The van der Waals surface area contributed by atoms with Gasteiger partial charge in [0.2, 0.25) is 10.0 Å². The molecule has 0 amide bonds. The van der Waals surface area contributed by atoms with Gasteiger partial charge in [0.05, 0.1) is 18.0 Å². The minimum Gasteiger partial charge on any atom is -0.392 e. The van der Waals surface area contributed by atoms with Crippen molar-refractivity contribution in [3.63, 3.8) is 0 Å². The van der Waals surface area contributed by atoms with E-state index in [1.807, 2.05) is 4.57 Å². The first-order valence-corrected chi connectivity index (χ1v) is 8.03. The second-order valence-electron chi connectivity index (χ2n) is 5.04. The second-order valence-corrected chi connectivity index (χ2v) is 6.94. The van der Waals surface area contributed by atoms with E-state index in [1.54, 1.807) is 25.4 Å². The molecular formula is C13H16N4O3S. The highest BCUT2D eigenvalue weighted by Crippen LogP contribution is 2.24. The molecular weight excluding hydrogens is 292 g/mol. The Morgan fingerprint density at radius 2 is 2.14 bits per heavy atom. The van der Waals surface area contributed by atoms with Crippen molar-refractivity contribution in [2.24, 2.45) is 0 Å². The lowest BCUT2D eigenvalue weighted by Crippen LogP contribution is -2.38. The Morgan fingerprint density at radius 1 is 1.33 bits per heavy atom. The Labute approximate surface area is 122 Å². The molecule has 112 valence electrons. The number of benzene rings is 1. The van der Waals surface area contributed by atoms with Crippen LogP contribution in [-0.2, 0) is 29.7 Å². The first-order valence-electron chi connectivity index (χ1n) is 6.59. The maximum Gasteiger partial charge on any atom is 0.243 e. The number of aliphatic hydroxyl groups is 1. The summed E-state index contributed by atoms with van der Waals surface area (Å²) in [7, 11) is -3.60. The third kappa shape index (κ3) is 2.45. The number of aliphatic hydroxyl groups excluding tert-OH is 1. The van der Waals surface area contributed by atoms with Crippen molar-refractivity contribution in [2.45, 2.75) is 31.5 Å². The SMILES string of the molecule is Cc1ccc(CO)cc1S(=O)(=O)N1CCn2cnnc2C1. The van der Waals surface area contributed by atoms with Crippen molar-refractivity contribution in [3.8, 4) is 0 Å². The van der Waals surface area contributed by atoms with Crippen LogP contribution in [0.5, 0.6) is 0 Å². The second kappa shape index (κ2) is 5.21. The smallest absolute Gasteiger partial charge is 0.243 e. The number of hydrogen-bond acceptors (Lipinski definition) is 5. The van der Waals surface area contributed by atoms with Gasteiger partial charge in [-0.15, -0.1) is 10.2 Å². The number of nitrogens with zero attached hydrogens (tertiary/aromatic N) is 4. The van der Waals surface area contributed by atoms with E-state index in [4.69, 9.17) is 0 Å². The molecule has 0 saturated carbocycles. The summed E-state index contributed by atoms with van der Waals surface area (Å²) in [5, 5.41) is 16.9. The van der Waals surface area contributed by atoms with E-state index in [0.717, 1.165) is 0 Å². The zero-order valence-electron chi connectivity index (χ0n) is 11.6. The summed E-state index contributed by atoms with van der Waals surface area (Å²) in [5.74, 6) is 0.640. The lowest BCUT2D eigenvalue weighted by atomic mass is 10.2. The monoisotopic (exact) mass is 308 g/mol. The number of aromatic nitrogens is 3. The topological polar surface area (TPSA) is 88.3 Å². The molecule has 0 spiro atoms. The number of hydrogen-bond donors (Lipinski definition) is 1. The highest BCUT2D eigenvalue weighted by molar-refractivity contribution is 7.89. The maximum atomic E-state index is 12.8. The quantitative estimate of drug-likeness (QED) is 0.880. The molecule has 1 N–H and O–H groups in total. The minimum atomic E-state index is -3.60. The van der Waals surface area contributed by atoms with Gasteiger partial charge in [-0.1, -0.05) is 12.1 Å². The van der Waals surface area contributed by atoms with Gasteiger partial charge >= 0.3 is 0 Å². The van der Waals surface area contributed by atoms with E-state index < -0.39 is 10.0 Å². The van der Waals surface area contributed by atoms with Gasteiger partial charge in [-0.05, 0) is 24.1 Å². The molecule has 2 aromatic rings. The third-order valence-corrected chi connectivity index (χ3v) is 5.64. The lowest BCUT2D eigenvalue weighted by molar-refractivity contribution is 0.281. The molecule has 8 heteroatoms. The fourth-order valence-corrected chi connectivity index (χ4v) is 4.07. The van der Waals surface area contributed by atoms with E-state index in [2.05, 4.69) is 10.2 Å². The first kappa shape index (κ1) is 14.2. The average Bonchev–Trinajstić information content (AvgIpc) is 2.95. The van der Waals surface area contributed by atoms with Gasteiger partial charge in [0.25, 0.3) is 0 Å². The fraction of sp³-hybridized carbons (Fsp3) is 0.385.